The van der Waals surface area contributed by atoms with Crippen LogP contribution >= 0.6 is 11.6 Å². The topological polar surface area (TPSA) is 21.3 Å². The van der Waals surface area contributed by atoms with Gasteiger partial charge < -0.3 is 10.1 Å². The molecule has 1 N–H and O–H groups in total. The molecule has 0 aromatic rings. The zero-order valence-electron chi connectivity index (χ0n) is 8.23. The number of halogens is 1. The van der Waals surface area contributed by atoms with E-state index in [9.17, 15) is 0 Å². The Kier molecular flexibility index (Phi) is 6.60. The number of hydrogen-bond acceptors (Lipinski definition) is 2. The van der Waals surface area contributed by atoms with Crippen molar-refractivity contribution in [1.29, 1.82) is 0 Å². The van der Waals surface area contributed by atoms with Crippen LogP contribution < -0.4 is 5.32 Å². The van der Waals surface area contributed by atoms with Gasteiger partial charge in [-0.2, -0.15) is 0 Å². The fourth-order valence-electron chi connectivity index (χ4n) is 1.46. The lowest BCUT2D eigenvalue weighted by Gasteiger charge is -2.25. The van der Waals surface area contributed by atoms with Crippen molar-refractivity contribution in [3.05, 3.63) is 0 Å². The van der Waals surface area contributed by atoms with E-state index in [1.807, 2.05) is 0 Å². The Balaban J connectivity index is 1.68. The standard InChI is InChI=1S/C10H20ClNO/c11-5-8-13-7-2-6-12-9-10-3-1-4-10/h10,12H,1-9H2. The van der Waals surface area contributed by atoms with E-state index < -0.39 is 0 Å². The van der Waals surface area contributed by atoms with Gasteiger partial charge in [-0.15, -0.1) is 11.6 Å². The van der Waals surface area contributed by atoms with Crippen molar-refractivity contribution < 1.29 is 4.74 Å². The zero-order chi connectivity index (χ0) is 9.36. The van der Waals surface area contributed by atoms with Gasteiger partial charge in [0.1, 0.15) is 0 Å². The summed E-state index contributed by atoms with van der Waals surface area (Å²) in [6.45, 7) is 3.81. The smallest absolute Gasteiger partial charge is 0.0601 e. The molecule has 0 saturated heterocycles. The SMILES string of the molecule is ClCCOCCCNCC1CCC1. The molecule has 1 rings (SSSR count). The van der Waals surface area contributed by atoms with Crippen molar-refractivity contribution in [3.8, 4) is 0 Å². The first-order valence-electron chi connectivity index (χ1n) is 5.28. The summed E-state index contributed by atoms with van der Waals surface area (Å²) in [6, 6.07) is 0. The molecule has 0 spiro atoms. The minimum Gasteiger partial charge on any atom is -0.380 e. The van der Waals surface area contributed by atoms with Crippen LogP contribution in [0.25, 0.3) is 0 Å². The second-order valence-electron chi connectivity index (χ2n) is 3.66. The van der Waals surface area contributed by atoms with Crippen LogP contribution in [0.1, 0.15) is 25.7 Å². The van der Waals surface area contributed by atoms with Crippen LogP contribution in [0, 0.1) is 5.92 Å². The summed E-state index contributed by atoms with van der Waals surface area (Å²) < 4.78 is 5.26. The fourth-order valence-corrected chi connectivity index (χ4v) is 1.57. The second-order valence-corrected chi connectivity index (χ2v) is 4.03. The van der Waals surface area contributed by atoms with E-state index in [0.717, 1.165) is 25.5 Å². The first-order chi connectivity index (χ1) is 6.43. The molecule has 1 saturated carbocycles. The van der Waals surface area contributed by atoms with Gasteiger partial charge in [0.15, 0.2) is 0 Å². The molecule has 1 aliphatic carbocycles. The van der Waals surface area contributed by atoms with Crippen molar-refractivity contribution in [2.45, 2.75) is 25.7 Å². The molecule has 0 aromatic carbocycles. The summed E-state index contributed by atoms with van der Waals surface area (Å²) in [7, 11) is 0. The minimum atomic E-state index is 0.607. The Bertz CT molecular complexity index is 117. The maximum absolute atomic E-state index is 5.47. The van der Waals surface area contributed by atoms with Crippen molar-refractivity contribution in [1.82, 2.24) is 5.32 Å². The van der Waals surface area contributed by atoms with Crippen LogP contribution in [0.3, 0.4) is 0 Å². The highest BCUT2D eigenvalue weighted by Gasteiger charge is 2.15. The number of hydrogen-bond donors (Lipinski definition) is 1. The Hall–Kier alpha value is 0.210. The molecule has 0 amide bonds. The first kappa shape index (κ1) is 11.3. The van der Waals surface area contributed by atoms with E-state index in [1.165, 1.54) is 25.8 Å². The molecule has 13 heavy (non-hydrogen) atoms. The van der Waals surface area contributed by atoms with Crippen molar-refractivity contribution in [2.75, 3.05) is 32.2 Å². The van der Waals surface area contributed by atoms with Crippen LogP contribution in [0.4, 0.5) is 0 Å². The lowest BCUT2D eigenvalue weighted by atomic mass is 9.85. The predicted octanol–water partition coefficient (Wildman–Crippen LogP) is 2.02. The van der Waals surface area contributed by atoms with Gasteiger partial charge in [-0.1, -0.05) is 6.42 Å². The number of alkyl halides is 1. The van der Waals surface area contributed by atoms with Gasteiger partial charge in [-0.05, 0) is 38.3 Å². The maximum atomic E-state index is 5.47. The fraction of sp³-hybridized carbons (Fsp3) is 1.00. The molecular formula is C10H20ClNO. The van der Waals surface area contributed by atoms with Crippen molar-refractivity contribution >= 4 is 11.6 Å². The van der Waals surface area contributed by atoms with Gasteiger partial charge in [-0.25, -0.2) is 0 Å². The molecule has 0 atom stereocenters. The molecule has 0 heterocycles. The quantitative estimate of drug-likeness (QED) is 0.484. The maximum Gasteiger partial charge on any atom is 0.0601 e. The van der Waals surface area contributed by atoms with Gasteiger partial charge in [0, 0.05) is 12.5 Å². The van der Waals surface area contributed by atoms with E-state index in [-0.39, 0.29) is 0 Å². The normalized spacial score (nSPS) is 17.3. The van der Waals surface area contributed by atoms with Gasteiger partial charge in [0.25, 0.3) is 0 Å². The summed E-state index contributed by atoms with van der Waals surface area (Å²) >= 11 is 5.47. The molecular weight excluding hydrogens is 186 g/mol. The van der Waals surface area contributed by atoms with Crippen LogP contribution in [0.2, 0.25) is 0 Å². The Labute approximate surface area is 86.0 Å². The van der Waals surface area contributed by atoms with Crippen molar-refractivity contribution in [2.24, 2.45) is 5.92 Å². The van der Waals surface area contributed by atoms with Crippen LogP contribution in [0.15, 0.2) is 0 Å². The Morgan fingerprint density at radius 1 is 1.31 bits per heavy atom. The molecule has 78 valence electrons. The van der Waals surface area contributed by atoms with E-state index in [1.54, 1.807) is 0 Å². The molecule has 0 aromatic heterocycles. The van der Waals surface area contributed by atoms with Crippen LogP contribution in [-0.4, -0.2) is 32.2 Å². The molecule has 0 unspecified atom stereocenters. The van der Waals surface area contributed by atoms with Crippen LogP contribution in [-0.2, 0) is 4.74 Å². The Morgan fingerprint density at radius 2 is 2.15 bits per heavy atom. The molecule has 0 bridgehead atoms. The van der Waals surface area contributed by atoms with Gasteiger partial charge in [0.2, 0.25) is 0 Å². The third kappa shape index (κ3) is 5.50. The first-order valence-corrected chi connectivity index (χ1v) is 5.81. The molecule has 0 radical (unpaired) electrons. The number of ether oxygens (including phenoxy) is 1. The monoisotopic (exact) mass is 205 g/mol. The second kappa shape index (κ2) is 7.60. The Morgan fingerprint density at radius 3 is 2.77 bits per heavy atom. The average Bonchev–Trinajstić information content (AvgIpc) is 2.07. The third-order valence-corrected chi connectivity index (χ3v) is 2.68. The lowest BCUT2D eigenvalue weighted by Crippen LogP contribution is -2.28. The number of nitrogens with one attached hydrogen (secondary N) is 1. The van der Waals surface area contributed by atoms with E-state index in [0.29, 0.717) is 12.5 Å². The zero-order valence-corrected chi connectivity index (χ0v) is 8.98. The molecule has 1 aliphatic rings. The summed E-state index contributed by atoms with van der Waals surface area (Å²) in [4.78, 5) is 0. The highest BCUT2D eigenvalue weighted by atomic mass is 35.5. The largest absolute Gasteiger partial charge is 0.380 e. The third-order valence-electron chi connectivity index (χ3n) is 2.52. The number of rotatable bonds is 8. The van der Waals surface area contributed by atoms with Gasteiger partial charge in [-0.3, -0.25) is 0 Å². The highest BCUT2D eigenvalue weighted by Crippen LogP contribution is 2.24. The average molecular weight is 206 g/mol. The summed E-state index contributed by atoms with van der Waals surface area (Å²) in [5.74, 6) is 1.57. The van der Waals surface area contributed by atoms with Gasteiger partial charge in [0.05, 0.1) is 6.61 Å². The van der Waals surface area contributed by atoms with Crippen molar-refractivity contribution in [3.63, 3.8) is 0 Å². The molecule has 1 fully saturated rings. The summed E-state index contributed by atoms with van der Waals surface area (Å²) in [5.41, 5.74) is 0. The molecule has 3 heteroatoms. The van der Waals surface area contributed by atoms with Gasteiger partial charge >= 0.3 is 0 Å². The predicted molar refractivity (Wildman–Crippen MR) is 56.4 cm³/mol. The van der Waals surface area contributed by atoms with E-state index >= 15 is 0 Å². The van der Waals surface area contributed by atoms with Crippen LogP contribution in [0.5, 0.6) is 0 Å². The lowest BCUT2D eigenvalue weighted by molar-refractivity contribution is 0.145. The van der Waals surface area contributed by atoms with E-state index in [4.69, 9.17) is 16.3 Å². The van der Waals surface area contributed by atoms with E-state index in [2.05, 4.69) is 5.32 Å². The minimum absolute atomic E-state index is 0.607. The summed E-state index contributed by atoms with van der Waals surface area (Å²) in [5, 5.41) is 3.45. The molecule has 0 aliphatic heterocycles. The summed E-state index contributed by atoms with van der Waals surface area (Å²) in [6.07, 6.45) is 5.39. The molecule has 2 nitrogen and oxygen atoms in total. The highest BCUT2D eigenvalue weighted by molar-refractivity contribution is 6.17.